The van der Waals surface area contributed by atoms with Crippen molar-refractivity contribution in [2.45, 2.75) is 93.0 Å². The van der Waals surface area contributed by atoms with Gasteiger partial charge in [0, 0.05) is 73.3 Å². The van der Waals surface area contributed by atoms with Crippen molar-refractivity contribution >= 4 is 67.8 Å². The molecule has 6 heterocycles. The first-order valence-corrected chi connectivity index (χ1v) is 23.1. The number of amides is 4. The zero-order valence-corrected chi connectivity index (χ0v) is 35.4. The van der Waals surface area contributed by atoms with Gasteiger partial charge in [-0.15, -0.1) is 0 Å². The number of carbonyl (C=O) groups is 4. The average Bonchev–Trinajstić information content (AvgIpc) is 3.71. The fourth-order valence-corrected chi connectivity index (χ4v) is 12.7. The molecule has 60 heavy (non-hydrogen) atoms. The molecule has 6 aliphatic heterocycles. The lowest BCUT2D eigenvalue weighted by Gasteiger charge is -2.42. The molecule has 0 radical (unpaired) electrons. The zero-order chi connectivity index (χ0) is 41.9. The molecule has 0 aliphatic carbocycles. The lowest BCUT2D eigenvalue weighted by Crippen LogP contribution is -2.54. The molecule has 0 aromatic heterocycles. The minimum Gasteiger partial charge on any atom is -0.371 e. The molecule has 6 aliphatic rings. The average molecular weight is 852 g/mol. The number of nitrogens with zero attached hydrogens (tertiary/aromatic N) is 6. The third-order valence-corrected chi connectivity index (χ3v) is 16.8. The summed E-state index contributed by atoms with van der Waals surface area (Å²) < 4.78 is 27.8. The van der Waals surface area contributed by atoms with Crippen molar-refractivity contribution in [3.63, 3.8) is 0 Å². The molecule has 314 valence electrons. The topological polar surface area (TPSA) is 135 Å². The summed E-state index contributed by atoms with van der Waals surface area (Å²) in [5.41, 5.74) is 4.22. The standard InChI is InChI=1S/C45H50ClN7O6S/c1-29-27-45(28-52(29)33-6-10-39(47-2)38(46)26-33)17-23-51(24-18-45)30-3-7-34(8-4-30)60(58,59)35-15-21-49(22-16-35)31-13-19-50(20-14-31)32-5-9-36-37(25-32)44(57)53(43(36)56)40-11-12-41(54)48-42(40)55/h3-10,25-26,29,31,35,40H,11-24,27-28H2,1H3,(H,48,54,55)/t29-,40?/m0/s1. The Morgan fingerprint density at radius 3 is 2.08 bits per heavy atom. The number of carbonyl (C=O) groups excluding carboxylic acids is 4. The van der Waals surface area contributed by atoms with E-state index in [-0.39, 0.29) is 29.4 Å². The van der Waals surface area contributed by atoms with Gasteiger partial charge in [-0.3, -0.25) is 29.4 Å². The van der Waals surface area contributed by atoms with Crippen molar-refractivity contribution in [3.05, 3.63) is 88.2 Å². The van der Waals surface area contributed by atoms with Crippen molar-refractivity contribution in [2.75, 3.05) is 60.5 Å². The second-order valence-corrected chi connectivity index (χ2v) is 20.2. The second kappa shape index (κ2) is 15.8. The zero-order valence-electron chi connectivity index (χ0n) is 33.8. The number of hydrogen-bond donors (Lipinski definition) is 1. The predicted molar refractivity (Wildman–Crippen MR) is 230 cm³/mol. The van der Waals surface area contributed by atoms with Crippen molar-refractivity contribution in [2.24, 2.45) is 5.41 Å². The van der Waals surface area contributed by atoms with Crippen LogP contribution in [0.3, 0.4) is 0 Å². The van der Waals surface area contributed by atoms with Gasteiger partial charge in [0.1, 0.15) is 6.04 Å². The van der Waals surface area contributed by atoms with E-state index in [1.165, 1.54) is 0 Å². The van der Waals surface area contributed by atoms with E-state index in [4.69, 9.17) is 18.2 Å². The minimum absolute atomic E-state index is 0.0771. The summed E-state index contributed by atoms with van der Waals surface area (Å²) in [6.45, 7) is 15.3. The molecule has 5 fully saturated rings. The van der Waals surface area contributed by atoms with Crippen molar-refractivity contribution in [3.8, 4) is 0 Å². The van der Waals surface area contributed by atoms with Crippen LogP contribution in [0, 0.1) is 12.0 Å². The number of nitrogens with one attached hydrogen (secondary N) is 1. The smallest absolute Gasteiger partial charge is 0.262 e. The van der Waals surface area contributed by atoms with Crippen LogP contribution in [0.1, 0.15) is 85.4 Å². The summed E-state index contributed by atoms with van der Waals surface area (Å²) in [4.78, 5) is 65.0. The van der Waals surface area contributed by atoms with Gasteiger partial charge >= 0.3 is 0 Å². The largest absolute Gasteiger partial charge is 0.371 e. The quantitative estimate of drug-likeness (QED) is 0.220. The Hall–Kier alpha value is -4.97. The van der Waals surface area contributed by atoms with E-state index in [9.17, 15) is 27.6 Å². The Morgan fingerprint density at radius 2 is 1.42 bits per heavy atom. The number of likely N-dealkylation sites (tertiary alicyclic amines) is 1. The summed E-state index contributed by atoms with van der Waals surface area (Å²) in [5, 5.41) is 2.32. The molecule has 2 atom stereocenters. The fourth-order valence-electron chi connectivity index (χ4n) is 10.8. The SMILES string of the molecule is [C-]#[N+]c1ccc(N2CC3(CCN(c4ccc(S(=O)(=O)C5CCN(C6CCN(c7ccc8c(c7)C(=O)N(C7CCC(=O)NC7=O)C8=O)CC6)CC5)cc4)CC3)C[C@@H]2C)cc1Cl. The van der Waals surface area contributed by atoms with Gasteiger partial charge in [0.25, 0.3) is 11.8 Å². The molecule has 0 saturated carbocycles. The second-order valence-electron chi connectivity index (χ2n) is 17.6. The van der Waals surface area contributed by atoms with E-state index in [0.29, 0.717) is 40.5 Å². The highest BCUT2D eigenvalue weighted by Gasteiger charge is 2.46. The summed E-state index contributed by atoms with van der Waals surface area (Å²) in [7, 11) is -3.48. The maximum Gasteiger partial charge on any atom is 0.262 e. The van der Waals surface area contributed by atoms with Gasteiger partial charge in [-0.2, -0.15) is 0 Å². The van der Waals surface area contributed by atoms with Gasteiger partial charge in [0.15, 0.2) is 9.84 Å². The molecule has 5 saturated heterocycles. The van der Waals surface area contributed by atoms with Crippen molar-refractivity contribution in [1.82, 2.24) is 15.1 Å². The van der Waals surface area contributed by atoms with E-state index in [0.717, 1.165) is 99.9 Å². The van der Waals surface area contributed by atoms with Crippen LogP contribution in [0.15, 0.2) is 65.6 Å². The van der Waals surface area contributed by atoms with Gasteiger partial charge in [0.2, 0.25) is 17.5 Å². The maximum absolute atomic E-state index is 13.9. The van der Waals surface area contributed by atoms with Crippen LogP contribution in [-0.2, 0) is 19.4 Å². The van der Waals surface area contributed by atoms with E-state index in [1.807, 2.05) is 36.4 Å². The van der Waals surface area contributed by atoms with E-state index < -0.39 is 44.8 Å². The van der Waals surface area contributed by atoms with Gasteiger partial charge in [-0.25, -0.2) is 13.3 Å². The number of piperidine rings is 4. The molecule has 4 amide bonds. The van der Waals surface area contributed by atoms with Gasteiger partial charge in [0.05, 0.1) is 27.8 Å². The monoisotopic (exact) mass is 851 g/mol. The highest BCUT2D eigenvalue weighted by Crippen LogP contribution is 2.46. The first kappa shape index (κ1) is 40.4. The van der Waals surface area contributed by atoms with Crippen LogP contribution in [0.5, 0.6) is 0 Å². The third kappa shape index (κ3) is 7.32. The normalized spacial score (nSPS) is 24.3. The highest BCUT2D eigenvalue weighted by atomic mass is 35.5. The Kier molecular flexibility index (Phi) is 10.7. The molecular weight excluding hydrogens is 802 g/mol. The number of anilines is 3. The number of benzene rings is 3. The summed E-state index contributed by atoms with van der Waals surface area (Å²) in [6, 6.07) is 18.2. The van der Waals surface area contributed by atoms with Crippen LogP contribution in [0.2, 0.25) is 5.02 Å². The lowest BCUT2D eigenvalue weighted by atomic mass is 9.76. The Labute approximate surface area is 356 Å². The predicted octanol–water partition coefficient (Wildman–Crippen LogP) is 6.08. The maximum atomic E-state index is 13.9. The van der Waals surface area contributed by atoms with Crippen LogP contribution in [0.25, 0.3) is 4.85 Å². The Morgan fingerprint density at radius 1 is 0.767 bits per heavy atom. The molecule has 9 rings (SSSR count). The number of fused-ring (bicyclic) bond motifs is 1. The van der Waals surface area contributed by atoms with Crippen LogP contribution < -0.4 is 20.0 Å². The van der Waals surface area contributed by atoms with E-state index in [2.05, 4.69) is 36.7 Å². The molecule has 15 heteroatoms. The van der Waals surface area contributed by atoms with Gasteiger partial charge < -0.3 is 19.6 Å². The third-order valence-electron chi connectivity index (χ3n) is 14.2. The van der Waals surface area contributed by atoms with E-state index in [1.54, 1.807) is 24.3 Å². The molecule has 1 spiro atoms. The Bertz CT molecular complexity index is 2380. The van der Waals surface area contributed by atoms with Crippen molar-refractivity contribution < 1.29 is 27.6 Å². The van der Waals surface area contributed by atoms with Gasteiger partial charge in [-0.1, -0.05) is 17.7 Å². The molecule has 1 unspecified atom stereocenters. The number of hydrogen-bond acceptors (Lipinski definition) is 10. The van der Waals surface area contributed by atoms with Gasteiger partial charge in [-0.05, 0) is 131 Å². The summed E-state index contributed by atoms with van der Waals surface area (Å²) >= 11 is 6.38. The molecule has 3 aromatic rings. The molecule has 0 bridgehead atoms. The molecular formula is C45H50ClN7O6S. The minimum atomic E-state index is -3.48. The van der Waals surface area contributed by atoms with E-state index >= 15 is 0 Å². The lowest BCUT2D eigenvalue weighted by molar-refractivity contribution is -0.136. The summed E-state index contributed by atoms with van der Waals surface area (Å²) in [5.74, 6) is -2.04. The van der Waals surface area contributed by atoms with Crippen LogP contribution in [0.4, 0.5) is 22.7 Å². The fraction of sp³-hybridized carbons (Fsp3) is 0.489. The molecule has 3 aromatic carbocycles. The number of imide groups is 2. The highest BCUT2D eigenvalue weighted by molar-refractivity contribution is 7.92. The molecule has 13 nitrogen and oxygen atoms in total. The number of halogens is 1. The number of rotatable bonds is 7. The first-order valence-electron chi connectivity index (χ1n) is 21.2. The summed E-state index contributed by atoms with van der Waals surface area (Å²) in [6.07, 6.45) is 6.40. The van der Waals surface area contributed by atoms with Crippen molar-refractivity contribution in [1.29, 1.82) is 0 Å². The molecule has 1 N–H and O–H groups in total. The Balaban J connectivity index is 0.751. The number of sulfone groups is 1. The van der Waals surface area contributed by atoms with Crippen LogP contribution in [-0.4, -0.2) is 111 Å². The van der Waals surface area contributed by atoms with Crippen LogP contribution >= 0.6 is 11.6 Å². The first-order chi connectivity index (χ1) is 28.8.